The Morgan fingerprint density at radius 2 is 1.85 bits per heavy atom. The summed E-state index contributed by atoms with van der Waals surface area (Å²) < 4.78 is 1.62. The molecule has 2 aromatic carbocycles. The van der Waals surface area contributed by atoms with Crippen molar-refractivity contribution < 1.29 is 4.92 Å². The number of imidazole rings is 1. The molecule has 0 aliphatic rings. The number of halogens is 2. The summed E-state index contributed by atoms with van der Waals surface area (Å²) in [7, 11) is 0. The number of benzene rings is 2. The van der Waals surface area contributed by atoms with Crippen molar-refractivity contribution in [2.24, 2.45) is 0 Å². The van der Waals surface area contributed by atoms with Crippen LogP contribution in [-0.2, 0) is 0 Å². The first-order valence-electron chi connectivity index (χ1n) is 5.64. The van der Waals surface area contributed by atoms with E-state index in [1.54, 1.807) is 4.57 Å². The number of fused-ring (bicyclic) bond motifs is 1. The van der Waals surface area contributed by atoms with E-state index in [2.05, 4.69) is 4.98 Å². The quantitative estimate of drug-likeness (QED) is 0.525. The van der Waals surface area contributed by atoms with E-state index in [0.717, 1.165) is 11.0 Å². The van der Waals surface area contributed by atoms with Crippen LogP contribution in [-0.4, -0.2) is 14.5 Å². The maximum Gasteiger partial charge on any atom is 0.294 e. The van der Waals surface area contributed by atoms with E-state index in [-0.39, 0.29) is 15.7 Å². The first-order valence-corrected chi connectivity index (χ1v) is 6.39. The minimum absolute atomic E-state index is 0.123. The average Bonchev–Trinajstić information content (AvgIpc) is 2.85. The van der Waals surface area contributed by atoms with Crippen molar-refractivity contribution in [1.29, 1.82) is 0 Å². The van der Waals surface area contributed by atoms with Crippen molar-refractivity contribution in [2.75, 3.05) is 0 Å². The van der Waals surface area contributed by atoms with E-state index in [1.165, 1.54) is 18.5 Å². The van der Waals surface area contributed by atoms with Gasteiger partial charge in [-0.2, -0.15) is 0 Å². The van der Waals surface area contributed by atoms with Crippen LogP contribution in [0.1, 0.15) is 0 Å². The molecule has 7 heteroatoms. The Morgan fingerprint density at radius 1 is 1.15 bits per heavy atom. The Labute approximate surface area is 123 Å². The van der Waals surface area contributed by atoms with Gasteiger partial charge in [-0.1, -0.05) is 35.3 Å². The molecular formula is C13H7Cl2N3O2. The highest BCUT2D eigenvalue weighted by atomic mass is 35.5. The molecule has 0 amide bonds. The molecule has 0 saturated heterocycles. The maximum absolute atomic E-state index is 11.2. The fourth-order valence-electron chi connectivity index (χ4n) is 2.02. The standard InChI is InChI=1S/C13H7Cl2N3O2/c14-8-5-12(13(18(19)20)6-9(8)15)17-7-16-10-3-1-2-4-11(10)17/h1-7H. The lowest BCUT2D eigenvalue weighted by Gasteiger charge is -2.07. The Hall–Kier alpha value is -2.11. The number of hydrogen-bond acceptors (Lipinski definition) is 3. The molecule has 5 nitrogen and oxygen atoms in total. The van der Waals surface area contributed by atoms with Gasteiger partial charge >= 0.3 is 0 Å². The average molecular weight is 308 g/mol. The summed E-state index contributed by atoms with van der Waals surface area (Å²) in [5.74, 6) is 0. The largest absolute Gasteiger partial charge is 0.294 e. The zero-order valence-corrected chi connectivity index (χ0v) is 11.5. The fourth-order valence-corrected chi connectivity index (χ4v) is 2.33. The predicted octanol–water partition coefficient (Wildman–Crippen LogP) is 4.24. The van der Waals surface area contributed by atoms with Gasteiger partial charge in [0, 0.05) is 6.07 Å². The molecule has 0 saturated carbocycles. The van der Waals surface area contributed by atoms with Crippen molar-refractivity contribution in [1.82, 2.24) is 9.55 Å². The second kappa shape index (κ2) is 4.77. The van der Waals surface area contributed by atoms with E-state index in [4.69, 9.17) is 23.2 Å². The summed E-state index contributed by atoms with van der Waals surface area (Å²) in [6.07, 6.45) is 1.53. The third-order valence-corrected chi connectivity index (χ3v) is 3.65. The second-order valence-corrected chi connectivity index (χ2v) is 4.93. The minimum atomic E-state index is -0.494. The van der Waals surface area contributed by atoms with E-state index in [0.29, 0.717) is 5.69 Å². The Morgan fingerprint density at radius 3 is 2.60 bits per heavy atom. The zero-order chi connectivity index (χ0) is 14.3. The molecule has 3 rings (SSSR count). The lowest BCUT2D eigenvalue weighted by atomic mass is 10.2. The van der Waals surface area contributed by atoms with Gasteiger partial charge in [0.15, 0.2) is 0 Å². The molecule has 0 spiro atoms. The fraction of sp³-hybridized carbons (Fsp3) is 0. The number of nitro groups is 1. The molecule has 3 aromatic rings. The molecule has 0 unspecified atom stereocenters. The van der Waals surface area contributed by atoms with Crippen molar-refractivity contribution in [3.8, 4) is 5.69 Å². The molecular weight excluding hydrogens is 301 g/mol. The number of nitrogens with zero attached hydrogens (tertiary/aromatic N) is 3. The van der Waals surface area contributed by atoms with E-state index < -0.39 is 4.92 Å². The molecule has 0 fully saturated rings. The van der Waals surface area contributed by atoms with Gasteiger partial charge in [0.25, 0.3) is 5.69 Å². The van der Waals surface area contributed by atoms with Gasteiger partial charge in [0.05, 0.1) is 26.0 Å². The first-order chi connectivity index (χ1) is 9.58. The van der Waals surface area contributed by atoms with Crippen molar-refractivity contribution in [3.05, 3.63) is 62.9 Å². The summed E-state index contributed by atoms with van der Waals surface area (Å²) in [6.45, 7) is 0. The SMILES string of the molecule is O=[N+]([O-])c1cc(Cl)c(Cl)cc1-n1cnc2ccccc21. The van der Waals surface area contributed by atoms with Gasteiger partial charge < -0.3 is 0 Å². The van der Waals surface area contributed by atoms with Crippen LogP contribution in [0.5, 0.6) is 0 Å². The van der Waals surface area contributed by atoms with Crippen LogP contribution >= 0.6 is 23.2 Å². The van der Waals surface area contributed by atoms with Crippen LogP contribution < -0.4 is 0 Å². The number of rotatable bonds is 2. The van der Waals surface area contributed by atoms with Crippen molar-refractivity contribution in [3.63, 3.8) is 0 Å². The summed E-state index contributed by atoms with van der Waals surface area (Å²) in [5.41, 5.74) is 1.71. The van der Waals surface area contributed by atoms with Gasteiger partial charge in [0.1, 0.15) is 12.0 Å². The number of hydrogen-bond donors (Lipinski definition) is 0. The minimum Gasteiger partial charge on any atom is -0.293 e. The Kier molecular flexibility index (Phi) is 3.08. The Bertz CT molecular complexity index is 830. The summed E-state index contributed by atoms with van der Waals surface area (Å²) in [4.78, 5) is 14.9. The lowest BCUT2D eigenvalue weighted by molar-refractivity contribution is -0.384. The summed E-state index contributed by atoms with van der Waals surface area (Å²) >= 11 is 11.8. The lowest BCUT2D eigenvalue weighted by Crippen LogP contribution is -1.99. The van der Waals surface area contributed by atoms with Gasteiger partial charge in [0.2, 0.25) is 0 Å². The van der Waals surface area contributed by atoms with Crippen LogP contribution in [0.25, 0.3) is 16.7 Å². The third-order valence-electron chi connectivity index (χ3n) is 2.93. The van der Waals surface area contributed by atoms with Crippen molar-refractivity contribution in [2.45, 2.75) is 0 Å². The second-order valence-electron chi connectivity index (χ2n) is 4.12. The number of nitro benzene ring substituents is 1. The summed E-state index contributed by atoms with van der Waals surface area (Å²) in [6, 6.07) is 10.1. The van der Waals surface area contributed by atoms with Crippen LogP contribution in [0.3, 0.4) is 0 Å². The first kappa shape index (κ1) is 12.9. The highest BCUT2D eigenvalue weighted by Crippen LogP contribution is 2.34. The molecule has 1 heterocycles. The molecule has 1 aromatic heterocycles. The molecule has 0 radical (unpaired) electrons. The Balaban J connectivity index is 2.34. The molecule has 0 bridgehead atoms. The highest BCUT2D eigenvalue weighted by Gasteiger charge is 2.19. The predicted molar refractivity (Wildman–Crippen MR) is 77.7 cm³/mol. The van der Waals surface area contributed by atoms with Crippen LogP contribution in [0.15, 0.2) is 42.7 Å². The van der Waals surface area contributed by atoms with Crippen LogP contribution in [0, 0.1) is 10.1 Å². The van der Waals surface area contributed by atoms with E-state index in [1.807, 2.05) is 24.3 Å². The topological polar surface area (TPSA) is 61.0 Å². The number of aromatic nitrogens is 2. The molecule has 0 atom stereocenters. The van der Waals surface area contributed by atoms with Gasteiger partial charge in [-0.25, -0.2) is 4.98 Å². The smallest absolute Gasteiger partial charge is 0.293 e. The molecule has 0 aliphatic heterocycles. The van der Waals surface area contributed by atoms with E-state index in [9.17, 15) is 10.1 Å². The molecule has 20 heavy (non-hydrogen) atoms. The van der Waals surface area contributed by atoms with Crippen LogP contribution in [0.2, 0.25) is 10.0 Å². The van der Waals surface area contributed by atoms with Gasteiger partial charge in [-0.3, -0.25) is 14.7 Å². The van der Waals surface area contributed by atoms with E-state index >= 15 is 0 Å². The number of para-hydroxylation sites is 2. The van der Waals surface area contributed by atoms with Gasteiger partial charge in [-0.05, 0) is 18.2 Å². The molecule has 0 N–H and O–H groups in total. The zero-order valence-electron chi connectivity index (χ0n) is 9.96. The maximum atomic E-state index is 11.2. The normalized spacial score (nSPS) is 10.9. The molecule has 0 aliphatic carbocycles. The van der Waals surface area contributed by atoms with Gasteiger partial charge in [-0.15, -0.1) is 0 Å². The summed E-state index contributed by atoms with van der Waals surface area (Å²) in [5, 5.41) is 11.6. The highest BCUT2D eigenvalue weighted by molar-refractivity contribution is 6.42. The van der Waals surface area contributed by atoms with Crippen molar-refractivity contribution >= 4 is 39.9 Å². The van der Waals surface area contributed by atoms with Crippen LogP contribution in [0.4, 0.5) is 5.69 Å². The third kappa shape index (κ3) is 2.01. The molecule has 100 valence electrons. The monoisotopic (exact) mass is 307 g/mol.